The van der Waals surface area contributed by atoms with Gasteiger partial charge in [-0.15, -0.1) is 49.6 Å². The molecule has 0 amide bonds. The summed E-state index contributed by atoms with van der Waals surface area (Å²) in [6.07, 6.45) is 0. The number of hydrogen-bond acceptors (Lipinski definition) is 17. The van der Waals surface area contributed by atoms with Gasteiger partial charge in [-0.25, -0.2) is 4.39 Å². The molecule has 0 aliphatic carbocycles. The minimum absolute atomic E-state index is 0. The first kappa shape index (κ1) is 66.4. The van der Waals surface area contributed by atoms with Gasteiger partial charge < -0.3 is 44.2 Å². The summed E-state index contributed by atoms with van der Waals surface area (Å²) in [6.45, 7) is 4.97. The Morgan fingerprint density at radius 3 is 0.866 bits per heavy atom. The van der Waals surface area contributed by atoms with E-state index >= 15 is 0 Å². The molecule has 0 aliphatic rings. The summed E-state index contributed by atoms with van der Waals surface area (Å²) in [7, 11) is 0. The smallest absolute Gasteiger partial charge is 0.269 e. The summed E-state index contributed by atoms with van der Waals surface area (Å²) in [6, 6.07) is 32.7. The molecular weight excluding hydrogens is 1010 g/mol. The Morgan fingerprint density at radius 1 is 0.403 bits per heavy atom. The van der Waals surface area contributed by atoms with Crippen molar-refractivity contribution in [1.29, 1.82) is 0 Å². The summed E-state index contributed by atoms with van der Waals surface area (Å²) in [5.41, 5.74) is 27.3. The number of rotatable bonds is 23. The maximum Gasteiger partial charge on any atom is 0.269 e. The second-order valence-electron chi connectivity index (χ2n) is 12.7. The Labute approximate surface area is 428 Å². The molecule has 0 saturated heterocycles. The molecule has 0 bridgehead atoms. The van der Waals surface area contributed by atoms with E-state index in [2.05, 4.69) is 21.3 Å². The van der Waals surface area contributed by atoms with Gasteiger partial charge in [-0.3, -0.25) is 30.3 Å². The molecule has 0 spiro atoms. The molecule has 0 aromatic heterocycles. The molecular formula is C42H60Cl4FN11O6S3. The summed E-state index contributed by atoms with van der Waals surface area (Å²) in [5, 5.41) is 44.3. The molecule has 0 aliphatic heterocycles. The maximum absolute atomic E-state index is 12.1. The molecule has 5 aromatic rings. The van der Waals surface area contributed by atoms with E-state index in [1.165, 1.54) is 24.3 Å². The number of nitrogens with zero attached hydrogens (tertiary/aromatic N) is 3. The largest absolute Gasteiger partial charge is 0.399 e. The number of nitro benzene ring substituents is 3. The van der Waals surface area contributed by atoms with Gasteiger partial charge in [0, 0.05) is 144 Å². The van der Waals surface area contributed by atoms with Crippen molar-refractivity contribution < 1.29 is 19.2 Å². The number of hydrogen-bond donors (Lipinski definition) is 8. The van der Waals surface area contributed by atoms with Crippen LogP contribution in [-0.4, -0.2) is 88.6 Å². The molecule has 12 N–H and O–H groups in total. The zero-order chi connectivity index (χ0) is 46.1. The van der Waals surface area contributed by atoms with E-state index in [9.17, 15) is 34.7 Å². The average Bonchev–Trinajstić information content (AvgIpc) is 3.28. The fourth-order valence-electron chi connectivity index (χ4n) is 4.71. The van der Waals surface area contributed by atoms with Gasteiger partial charge in [-0.2, -0.15) is 35.3 Å². The zero-order valence-corrected chi connectivity index (χ0v) is 42.1. The lowest BCUT2D eigenvalue weighted by atomic mass is 10.3. The molecule has 67 heavy (non-hydrogen) atoms. The van der Waals surface area contributed by atoms with Gasteiger partial charge in [0.05, 0.1) is 14.8 Å². The lowest BCUT2D eigenvalue weighted by Crippen LogP contribution is -2.08. The third-order valence-corrected chi connectivity index (χ3v) is 10.9. The number of thioether (sulfide) groups is 3. The standard InChI is InChI=1S/C16H18N4O4S.C16H22N4S.C6H4FNO2.C4H12N2S.4ClH/c21-19(22)15-5-1-13(2-6-15)17-9-11-25-12-10-18-14-3-7-16(8-4-14)20(23)24;17-13-1-5-15(6-2-13)19-9-11-21-12-10-20-16-7-3-14(18)4-8-16;7-5-1-3-6(4-2-5)8(9)10;5-1-3-7-4-2-6;;;;/h1-8,17-18H,9-12H2;1-8,19-20H,9-12,17-18H2;1-4H;1-6H2;4*1H. The SMILES string of the molecule is Cl.Cl.Cl.Cl.NCCSCCN.Nc1ccc(NCCSCCNc2ccc(N)cc2)cc1.O=[N+]([O-])c1ccc(F)cc1.O=[N+]([O-])c1ccc(NCCSCCNc2ccc([N+](=O)[O-])cc2)cc1. The van der Waals surface area contributed by atoms with Crippen molar-refractivity contribution in [2.45, 2.75) is 0 Å². The van der Waals surface area contributed by atoms with Crippen LogP contribution in [0.3, 0.4) is 0 Å². The maximum atomic E-state index is 12.1. The molecule has 0 heterocycles. The van der Waals surface area contributed by atoms with Crippen LogP contribution in [0.2, 0.25) is 0 Å². The van der Waals surface area contributed by atoms with Crippen molar-refractivity contribution in [3.63, 3.8) is 0 Å². The molecule has 5 aromatic carbocycles. The second-order valence-corrected chi connectivity index (χ2v) is 16.4. The van der Waals surface area contributed by atoms with Crippen LogP contribution in [0.5, 0.6) is 0 Å². The molecule has 5 rings (SSSR count). The van der Waals surface area contributed by atoms with Crippen LogP contribution in [0.4, 0.5) is 55.6 Å². The van der Waals surface area contributed by atoms with Gasteiger partial charge in [-0.1, -0.05) is 0 Å². The fraction of sp³-hybridized carbons (Fsp3) is 0.286. The number of nitrogen functional groups attached to an aromatic ring is 2. The number of nitro groups is 3. The molecule has 0 saturated carbocycles. The first-order valence-electron chi connectivity index (χ1n) is 19.6. The Balaban J connectivity index is -0.000000879. The van der Waals surface area contributed by atoms with E-state index in [0.717, 1.165) is 132 Å². The highest BCUT2D eigenvalue weighted by atomic mass is 35.5. The van der Waals surface area contributed by atoms with E-state index in [1.54, 1.807) is 47.8 Å². The van der Waals surface area contributed by atoms with Crippen LogP contribution >= 0.6 is 84.9 Å². The van der Waals surface area contributed by atoms with Crippen LogP contribution in [0, 0.1) is 36.2 Å². The van der Waals surface area contributed by atoms with Gasteiger partial charge in [-0.05, 0) is 84.9 Å². The number of nitrogens with two attached hydrogens (primary N) is 4. The Morgan fingerprint density at radius 2 is 0.627 bits per heavy atom. The molecule has 372 valence electrons. The Kier molecular flexibility index (Phi) is 41.0. The van der Waals surface area contributed by atoms with E-state index in [1.807, 2.05) is 60.3 Å². The van der Waals surface area contributed by atoms with Crippen LogP contribution < -0.4 is 44.2 Å². The third-order valence-electron chi connectivity index (χ3n) is 7.84. The molecule has 17 nitrogen and oxygen atoms in total. The van der Waals surface area contributed by atoms with Crippen molar-refractivity contribution in [2.24, 2.45) is 11.5 Å². The second kappa shape index (κ2) is 41.4. The normalized spacial score (nSPS) is 9.42. The number of halogens is 5. The fourth-order valence-corrected chi connectivity index (χ4v) is 6.64. The summed E-state index contributed by atoms with van der Waals surface area (Å²) in [5.74, 6) is 5.57. The number of anilines is 6. The van der Waals surface area contributed by atoms with Crippen LogP contribution in [-0.2, 0) is 0 Å². The highest BCUT2D eigenvalue weighted by molar-refractivity contribution is 7.99. The van der Waals surface area contributed by atoms with Gasteiger partial charge in [0.15, 0.2) is 0 Å². The predicted molar refractivity (Wildman–Crippen MR) is 294 cm³/mol. The van der Waals surface area contributed by atoms with Crippen molar-refractivity contribution in [2.75, 3.05) is 107 Å². The van der Waals surface area contributed by atoms with Crippen molar-refractivity contribution in [1.82, 2.24) is 0 Å². The van der Waals surface area contributed by atoms with Crippen molar-refractivity contribution in [3.8, 4) is 0 Å². The van der Waals surface area contributed by atoms with E-state index in [4.69, 9.17) is 22.9 Å². The van der Waals surface area contributed by atoms with E-state index in [0.29, 0.717) is 0 Å². The minimum atomic E-state index is -0.570. The van der Waals surface area contributed by atoms with Crippen molar-refractivity contribution >= 4 is 136 Å². The summed E-state index contributed by atoms with van der Waals surface area (Å²) < 4.78 is 12.1. The lowest BCUT2D eigenvalue weighted by molar-refractivity contribution is -0.385. The highest BCUT2D eigenvalue weighted by Crippen LogP contribution is 2.17. The molecule has 0 unspecified atom stereocenters. The average molecular weight is 1070 g/mol. The number of benzene rings is 5. The van der Waals surface area contributed by atoms with Crippen LogP contribution in [0.15, 0.2) is 121 Å². The number of non-ortho nitro benzene ring substituents is 3. The monoisotopic (exact) mass is 1070 g/mol. The van der Waals surface area contributed by atoms with E-state index in [-0.39, 0.29) is 66.7 Å². The predicted octanol–water partition coefficient (Wildman–Crippen LogP) is 9.93. The third kappa shape index (κ3) is 32.5. The van der Waals surface area contributed by atoms with Gasteiger partial charge in [0.25, 0.3) is 17.1 Å². The van der Waals surface area contributed by atoms with Crippen LogP contribution in [0.25, 0.3) is 0 Å². The topological polar surface area (TPSA) is 282 Å². The van der Waals surface area contributed by atoms with Gasteiger partial charge in [0.2, 0.25) is 0 Å². The first-order valence-corrected chi connectivity index (χ1v) is 23.1. The Bertz CT molecular complexity index is 1910. The number of nitrogens with one attached hydrogen (secondary N) is 4. The minimum Gasteiger partial charge on any atom is -0.399 e. The molecule has 0 radical (unpaired) electrons. The van der Waals surface area contributed by atoms with E-state index < -0.39 is 20.6 Å². The molecule has 0 atom stereocenters. The summed E-state index contributed by atoms with van der Waals surface area (Å²) in [4.78, 5) is 29.7. The summed E-state index contributed by atoms with van der Waals surface area (Å²) >= 11 is 5.49. The van der Waals surface area contributed by atoms with Gasteiger partial charge >= 0.3 is 0 Å². The first-order chi connectivity index (χ1) is 30.4. The van der Waals surface area contributed by atoms with Gasteiger partial charge in [0.1, 0.15) is 5.82 Å². The van der Waals surface area contributed by atoms with Crippen LogP contribution in [0.1, 0.15) is 0 Å². The Hall–Kier alpha value is -4.84. The van der Waals surface area contributed by atoms with Crippen molar-refractivity contribution in [3.05, 3.63) is 157 Å². The zero-order valence-electron chi connectivity index (χ0n) is 36.4. The molecule has 0 fully saturated rings. The highest BCUT2D eigenvalue weighted by Gasteiger charge is 2.05. The lowest BCUT2D eigenvalue weighted by Gasteiger charge is -2.08. The quantitative estimate of drug-likeness (QED) is 0.0131. The molecule has 25 heteroatoms.